The first kappa shape index (κ1) is 15.7. The van der Waals surface area contributed by atoms with Gasteiger partial charge >= 0.3 is 5.97 Å². The van der Waals surface area contributed by atoms with Crippen LogP contribution in [-0.4, -0.2) is 24.2 Å². The SMILES string of the molecule is CCC(CNCCc1ccc(C)c(C)c1C)C(=O)O. The highest BCUT2D eigenvalue weighted by Gasteiger charge is 2.13. The predicted octanol–water partition coefficient (Wildman–Crippen LogP) is 2.85. The van der Waals surface area contributed by atoms with Crippen LogP contribution in [0.15, 0.2) is 12.1 Å². The largest absolute Gasteiger partial charge is 0.481 e. The molecule has 0 spiro atoms. The van der Waals surface area contributed by atoms with Gasteiger partial charge < -0.3 is 10.4 Å². The number of nitrogens with one attached hydrogen (secondary N) is 1. The summed E-state index contributed by atoms with van der Waals surface area (Å²) < 4.78 is 0. The summed E-state index contributed by atoms with van der Waals surface area (Å²) in [5, 5.41) is 12.2. The minimum Gasteiger partial charge on any atom is -0.481 e. The van der Waals surface area contributed by atoms with E-state index in [-0.39, 0.29) is 5.92 Å². The van der Waals surface area contributed by atoms with E-state index in [2.05, 4.69) is 38.2 Å². The van der Waals surface area contributed by atoms with E-state index in [1.165, 1.54) is 22.3 Å². The molecule has 106 valence electrons. The van der Waals surface area contributed by atoms with E-state index in [0.717, 1.165) is 13.0 Å². The van der Waals surface area contributed by atoms with E-state index in [9.17, 15) is 4.79 Å². The second-order valence-corrected chi connectivity index (χ2v) is 5.19. The van der Waals surface area contributed by atoms with Gasteiger partial charge in [0.2, 0.25) is 0 Å². The number of hydrogen-bond acceptors (Lipinski definition) is 2. The molecule has 1 atom stereocenters. The van der Waals surface area contributed by atoms with Gasteiger partial charge in [-0.2, -0.15) is 0 Å². The average molecular weight is 263 g/mol. The molecule has 1 rings (SSSR count). The Morgan fingerprint density at radius 2 is 1.95 bits per heavy atom. The Bertz CT molecular complexity index is 441. The van der Waals surface area contributed by atoms with Crippen molar-refractivity contribution >= 4 is 5.97 Å². The number of aryl methyl sites for hydroxylation is 1. The third kappa shape index (κ3) is 4.35. The number of carboxylic acid groups (broad SMARTS) is 1. The Balaban J connectivity index is 2.46. The minimum absolute atomic E-state index is 0.277. The van der Waals surface area contributed by atoms with Gasteiger partial charge in [0, 0.05) is 6.54 Å². The van der Waals surface area contributed by atoms with Gasteiger partial charge in [-0.25, -0.2) is 0 Å². The highest BCUT2D eigenvalue weighted by atomic mass is 16.4. The molecule has 0 saturated carbocycles. The Morgan fingerprint density at radius 3 is 2.53 bits per heavy atom. The Hall–Kier alpha value is -1.35. The summed E-state index contributed by atoms with van der Waals surface area (Å²) in [4.78, 5) is 10.9. The molecular formula is C16H25NO2. The fourth-order valence-corrected chi connectivity index (χ4v) is 2.19. The second kappa shape index (κ2) is 7.29. The molecule has 0 fully saturated rings. The molecule has 0 aliphatic carbocycles. The molecule has 0 bridgehead atoms. The maximum atomic E-state index is 10.9. The second-order valence-electron chi connectivity index (χ2n) is 5.19. The molecule has 0 heterocycles. The van der Waals surface area contributed by atoms with Crippen molar-refractivity contribution in [2.24, 2.45) is 5.92 Å². The summed E-state index contributed by atoms with van der Waals surface area (Å²) in [6.07, 6.45) is 1.62. The molecule has 1 unspecified atom stereocenters. The molecule has 0 aliphatic heterocycles. The lowest BCUT2D eigenvalue weighted by Gasteiger charge is -2.13. The summed E-state index contributed by atoms with van der Waals surface area (Å²) in [7, 11) is 0. The topological polar surface area (TPSA) is 49.3 Å². The van der Waals surface area contributed by atoms with E-state index in [4.69, 9.17) is 5.11 Å². The fraction of sp³-hybridized carbons (Fsp3) is 0.562. The Kier molecular flexibility index (Phi) is 6.03. The van der Waals surface area contributed by atoms with Crippen LogP contribution in [0.4, 0.5) is 0 Å². The zero-order chi connectivity index (χ0) is 14.4. The first-order chi connectivity index (χ1) is 8.97. The number of aliphatic carboxylic acids is 1. The van der Waals surface area contributed by atoms with Crippen molar-refractivity contribution in [2.45, 2.75) is 40.5 Å². The Labute approximate surface area is 116 Å². The Morgan fingerprint density at radius 1 is 1.26 bits per heavy atom. The standard InChI is InChI=1S/C16H25NO2/c1-5-14(16(18)19)10-17-9-8-15-7-6-11(2)12(3)13(15)4/h6-7,14,17H,5,8-10H2,1-4H3,(H,18,19). The highest BCUT2D eigenvalue weighted by Crippen LogP contribution is 2.17. The van der Waals surface area contributed by atoms with Crippen LogP contribution >= 0.6 is 0 Å². The molecule has 1 aromatic carbocycles. The number of carbonyl (C=O) groups is 1. The van der Waals surface area contributed by atoms with Crippen LogP contribution in [-0.2, 0) is 11.2 Å². The summed E-state index contributed by atoms with van der Waals surface area (Å²) in [6.45, 7) is 9.72. The van der Waals surface area contributed by atoms with Crippen LogP contribution in [0, 0.1) is 26.7 Å². The first-order valence-electron chi connectivity index (χ1n) is 6.96. The monoisotopic (exact) mass is 263 g/mol. The van der Waals surface area contributed by atoms with Crippen LogP contribution in [0.25, 0.3) is 0 Å². The van der Waals surface area contributed by atoms with E-state index in [1.807, 2.05) is 6.92 Å². The quantitative estimate of drug-likeness (QED) is 0.744. The van der Waals surface area contributed by atoms with Crippen LogP contribution in [0.1, 0.15) is 35.6 Å². The lowest BCUT2D eigenvalue weighted by Crippen LogP contribution is -2.29. The van der Waals surface area contributed by atoms with Crippen molar-refractivity contribution in [3.05, 3.63) is 34.4 Å². The lowest BCUT2D eigenvalue weighted by molar-refractivity contribution is -0.141. The number of benzene rings is 1. The zero-order valence-corrected chi connectivity index (χ0v) is 12.4. The van der Waals surface area contributed by atoms with Gasteiger partial charge in [-0.3, -0.25) is 4.79 Å². The minimum atomic E-state index is -0.711. The van der Waals surface area contributed by atoms with Gasteiger partial charge in [-0.1, -0.05) is 19.1 Å². The highest BCUT2D eigenvalue weighted by molar-refractivity contribution is 5.70. The maximum Gasteiger partial charge on any atom is 0.307 e. The molecule has 0 amide bonds. The van der Waals surface area contributed by atoms with E-state index < -0.39 is 5.97 Å². The molecule has 19 heavy (non-hydrogen) atoms. The molecule has 1 aromatic rings. The number of carboxylic acids is 1. The normalized spacial score (nSPS) is 12.4. The predicted molar refractivity (Wildman–Crippen MR) is 78.6 cm³/mol. The van der Waals surface area contributed by atoms with Crippen molar-refractivity contribution in [3.8, 4) is 0 Å². The molecule has 3 nitrogen and oxygen atoms in total. The third-order valence-electron chi connectivity index (χ3n) is 3.97. The van der Waals surface area contributed by atoms with Gasteiger partial charge in [0.05, 0.1) is 5.92 Å². The molecule has 0 saturated heterocycles. The number of hydrogen-bond donors (Lipinski definition) is 2. The van der Waals surface area contributed by atoms with E-state index in [0.29, 0.717) is 13.0 Å². The van der Waals surface area contributed by atoms with Crippen LogP contribution < -0.4 is 5.32 Å². The van der Waals surface area contributed by atoms with Crippen LogP contribution in [0.2, 0.25) is 0 Å². The molecule has 0 aliphatic rings. The van der Waals surface area contributed by atoms with Crippen molar-refractivity contribution in [1.29, 1.82) is 0 Å². The van der Waals surface area contributed by atoms with Crippen molar-refractivity contribution < 1.29 is 9.90 Å². The van der Waals surface area contributed by atoms with Gasteiger partial charge in [-0.05, 0) is 62.4 Å². The van der Waals surface area contributed by atoms with Gasteiger partial charge in [0.15, 0.2) is 0 Å². The smallest absolute Gasteiger partial charge is 0.307 e. The van der Waals surface area contributed by atoms with Gasteiger partial charge in [0.25, 0.3) is 0 Å². The van der Waals surface area contributed by atoms with Crippen LogP contribution in [0.5, 0.6) is 0 Å². The third-order valence-corrected chi connectivity index (χ3v) is 3.97. The lowest BCUT2D eigenvalue weighted by atomic mass is 9.97. The molecular weight excluding hydrogens is 238 g/mol. The molecule has 0 radical (unpaired) electrons. The van der Waals surface area contributed by atoms with Crippen molar-refractivity contribution in [1.82, 2.24) is 5.32 Å². The van der Waals surface area contributed by atoms with Crippen LogP contribution in [0.3, 0.4) is 0 Å². The van der Waals surface area contributed by atoms with Crippen molar-refractivity contribution in [3.63, 3.8) is 0 Å². The maximum absolute atomic E-state index is 10.9. The van der Waals surface area contributed by atoms with E-state index in [1.54, 1.807) is 0 Å². The molecule has 0 aromatic heterocycles. The molecule has 2 N–H and O–H groups in total. The summed E-state index contributed by atoms with van der Waals surface area (Å²) in [5.74, 6) is -0.988. The van der Waals surface area contributed by atoms with Gasteiger partial charge in [0.1, 0.15) is 0 Å². The fourth-order valence-electron chi connectivity index (χ4n) is 2.19. The van der Waals surface area contributed by atoms with E-state index >= 15 is 0 Å². The first-order valence-corrected chi connectivity index (χ1v) is 6.96. The summed E-state index contributed by atoms with van der Waals surface area (Å²) >= 11 is 0. The zero-order valence-electron chi connectivity index (χ0n) is 12.4. The number of rotatable bonds is 7. The van der Waals surface area contributed by atoms with Crippen molar-refractivity contribution in [2.75, 3.05) is 13.1 Å². The summed E-state index contributed by atoms with van der Waals surface area (Å²) in [6, 6.07) is 4.33. The molecule has 3 heteroatoms. The average Bonchev–Trinajstić information content (AvgIpc) is 2.38. The summed E-state index contributed by atoms with van der Waals surface area (Å²) in [5.41, 5.74) is 5.38. The van der Waals surface area contributed by atoms with Gasteiger partial charge in [-0.15, -0.1) is 0 Å².